The first kappa shape index (κ1) is 16.1. The van der Waals surface area contributed by atoms with Crippen LogP contribution in [0.2, 0.25) is 0 Å². The zero-order chi connectivity index (χ0) is 17.2. The van der Waals surface area contributed by atoms with E-state index in [9.17, 15) is 4.79 Å². The number of hydrogen-bond acceptors (Lipinski definition) is 5. The van der Waals surface area contributed by atoms with Crippen molar-refractivity contribution in [2.75, 3.05) is 19.6 Å². The van der Waals surface area contributed by atoms with Gasteiger partial charge in [-0.15, -0.1) is 0 Å². The van der Waals surface area contributed by atoms with Gasteiger partial charge in [-0.25, -0.2) is 0 Å². The second kappa shape index (κ2) is 6.88. The molecule has 25 heavy (non-hydrogen) atoms. The number of ether oxygens (including phenoxy) is 1. The Morgan fingerprint density at radius 3 is 2.92 bits per heavy atom. The SMILES string of the molecule is CC1CN(C(=O)c2cc(CN3CCCC3)on2)Cc2ccccc2O1. The Balaban J connectivity index is 1.49. The number of nitrogens with zero attached hydrogens (tertiary/aromatic N) is 3. The summed E-state index contributed by atoms with van der Waals surface area (Å²) in [6.45, 7) is 5.92. The predicted molar refractivity (Wildman–Crippen MR) is 92.3 cm³/mol. The van der Waals surface area contributed by atoms with E-state index in [1.807, 2.05) is 31.2 Å². The predicted octanol–water partition coefficient (Wildman–Crippen LogP) is 2.69. The quantitative estimate of drug-likeness (QED) is 0.859. The number of carbonyl (C=O) groups is 1. The fourth-order valence-electron chi connectivity index (χ4n) is 3.55. The first-order valence-corrected chi connectivity index (χ1v) is 8.91. The third-order valence-electron chi connectivity index (χ3n) is 4.78. The maximum Gasteiger partial charge on any atom is 0.276 e. The van der Waals surface area contributed by atoms with Crippen molar-refractivity contribution >= 4 is 5.91 Å². The number of para-hydroxylation sites is 1. The van der Waals surface area contributed by atoms with Crippen LogP contribution in [0.15, 0.2) is 34.9 Å². The second-order valence-corrected chi connectivity index (χ2v) is 6.88. The Morgan fingerprint density at radius 2 is 2.08 bits per heavy atom. The molecule has 6 heteroatoms. The van der Waals surface area contributed by atoms with Crippen molar-refractivity contribution in [2.45, 2.75) is 39.0 Å². The molecule has 0 aliphatic carbocycles. The van der Waals surface area contributed by atoms with Gasteiger partial charge < -0.3 is 14.2 Å². The molecule has 1 unspecified atom stereocenters. The zero-order valence-electron chi connectivity index (χ0n) is 14.5. The number of likely N-dealkylation sites (tertiary alicyclic amines) is 1. The summed E-state index contributed by atoms with van der Waals surface area (Å²) in [5, 5.41) is 4.01. The summed E-state index contributed by atoms with van der Waals surface area (Å²) in [5.74, 6) is 1.49. The van der Waals surface area contributed by atoms with Gasteiger partial charge >= 0.3 is 0 Å². The van der Waals surface area contributed by atoms with Gasteiger partial charge in [0, 0.05) is 18.2 Å². The Hall–Kier alpha value is -2.34. The van der Waals surface area contributed by atoms with Crippen LogP contribution in [-0.2, 0) is 13.1 Å². The number of rotatable bonds is 3. The fourth-order valence-corrected chi connectivity index (χ4v) is 3.55. The third kappa shape index (κ3) is 3.54. The molecule has 1 fully saturated rings. The van der Waals surface area contributed by atoms with Crippen LogP contribution >= 0.6 is 0 Å². The fraction of sp³-hybridized carbons (Fsp3) is 0.474. The summed E-state index contributed by atoms with van der Waals surface area (Å²) < 4.78 is 11.3. The largest absolute Gasteiger partial charge is 0.489 e. The number of carbonyl (C=O) groups excluding carboxylic acids is 1. The topological polar surface area (TPSA) is 58.8 Å². The Bertz CT molecular complexity index is 752. The lowest BCUT2D eigenvalue weighted by molar-refractivity contribution is 0.0680. The summed E-state index contributed by atoms with van der Waals surface area (Å²) in [4.78, 5) is 17.0. The zero-order valence-corrected chi connectivity index (χ0v) is 14.5. The van der Waals surface area contributed by atoms with E-state index in [1.54, 1.807) is 11.0 Å². The first-order valence-electron chi connectivity index (χ1n) is 8.91. The van der Waals surface area contributed by atoms with Gasteiger partial charge in [0.25, 0.3) is 5.91 Å². The van der Waals surface area contributed by atoms with Crippen LogP contribution in [0.5, 0.6) is 5.75 Å². The lowest BCUT2D eigenvalue weighted by Gasteiger charge is -2.20. The molecule has 2 aromatic rings. The lowest BCUT2D eigenvalue weighted by atomic mass is 10.2. The van der Waals surface area contributed by atoms with Gasteiger partial charge in [-0.2, -0.15) is 0 Å². The minimum atomic E-state index is -0.108. The molecule has 1 aromatic carbocycles. The maximum absolute atomic E-state index is 12.9. The van der Waals surface area contributed by atoms with E-state index in [0.717, 1.165) is 36.7 Å². The third-order valence-corrected chi connectivity index (χ3v) is 4.78. The molecular formula is C19H23N3O3. The number of fused-ring (bicyclic) bond motifs is 1. The van der Waals surface area contributed by atoms with Crippen molar-refractivity contribution in [1.82, 2.24) is 15.0 Å². The molecule has 6 nitrogen and oxygen atoms in total. The van der Waals surface area contributed by atoms with Gasteiger partial charge in [0.15, 0.2) is 11.5 Å². The monoisotopic (exact) mass is 341 g/mol. The summed E-state index contributed by atoms with van der Waals surface area (Å²) in [7, 11) is 0. The van der Waals surface area contributed by atoms with Crippen LogP contribution in [0.1, 0.15) is 41.6 Å². The highest BCUT2D eigenvalue weighted by atomic mass is 16.5. The molecule has 2 aliphatic heterocycles. The van der Waals surface area contributed by atoms with Gasteiger partial charge in [0.2, 0.25) is 0 Å². The van der Waals surface area contributed by atoms with Crippen molar-refractivity contribution in [3.8, 4) is 5.75 Å². The molecule has 2 aliphatic rings. The number of aromatic nitrogens is 1. The van der Waals surface area contributed by atoms with E-state index in [0.29, 0.717) is 18.8 Å². The maximum atomic E-state index is 12.9. The second-order valence-electron chi connectivity index (χ2n) is 6.88. The van der Waals surface area contributed by atoms with E-state index in [-0.39, 0.29) is 12.0 Å². The van der Waals surface area contributed by atoms with Gasteiger partial charge in [0.05, 0.1) is 13.1 Å². The molecule has 0 saturated carbocycles. The smallest absolute Gasteiger partial charge is 0.276 e. The molecule has 1 atom stereocenters. The average Bonchev–Trinajstić information content (AvgIpc) is 3.24. The van der Waals surface area contributed by atoms with Crippen LogP contribution < -0.4 is 4.74 Å². The molecule has 132 valence electrons. The molecule has 3 heterocycles. The minimum Gasteiger partial charge on any atom is -0.489 e. The van der Waals surface area contributed by atoms with E-state index in [2.05, 4.69) is 10.1 Å². The molecule has 0 bridgehead atoms. The summed E-state index contributed by atoms with van der Waals surface area (Å²) in [5.41, 5.74) is 1.39. The van der Waals surface area contributed by atoms with Gasteiger partial charge in [0.1, 0.15) is 11.9 Å². The Morgan fingerprint density at radius 1 is 1.28 bits per heavy atom. The summed E-state index contributed by atoms with van der Waals surface area (Å²) >= 11 is 0. The molecular weight excluding hydrogens is 318 g/mol. The Labute approximate surface area is 147 Å². The molecule has 0 spiro atoms. The highest BCUT2D eigenvalue weighted by Gasteiger charge is 2.27. The van der Waals surface area contributed by atoms with Crippen molar-refractivity contribution in [1.29, 1.82) is 0 Å². The molecule has 0 radical (unpaired) electrons. The van der Waals surface area contributed by atoms with Crippen molar-refractivity contribution in [3.05, 3.63) is 47.3 Å². The van der Waals surface area contributed by atoms with Crippen LogP contribution in [0, 0.1) is 0 Å². The minimum absolute atomic E-state index is 0.0661. The highest BCUT2D eigenvalue weighted by molar-refractivity contribution is 5.92. The van der Waals surface area contributed by atoms with Crippen molar-refractivity contribution in [2.24, 2.45) is 0 Å². The van der Waals surface area contributed by atoms with E-state index in [1.165, 1.54) is 12.8 Å². The van der Waals surface area contributed by atoms with Crippen LogP contribution in [0.4, 0.5) is 0 Å². The van der Waals surface area contributed by atoms with E-state index in [4.69, 9.17) is 9.26 Å². The molecule has 1 saturated heterocycles. The number of hydrogen-bond donors (Lipinski definition) is 0. The van der Waals surface area contributed by atoms with Gasteiger partial charge in [-0.05, 0) is 38.9 Å². The highest BCUT2D eigenvalue weighted by Crippen LogP contribution is 2.25. The normalized spacial score (nSPS) is 20.8. The molecule has 4 rings (SSSR count). The van der Waals surface area contributed by atoms with E-state index >= 15 is 0 Å². The molecule has 0 N–H and O–H groups in total. The Kier molecular flexibility index (Phi) is 4.44. The lowest BCUT2D eigenvalue weighted by Crippen LogP contribution is -2.36. The first-order chi connectivity index (χ1) is 12.2. The number of benzene rings is 1. The number of amides is 1. The van der Waals surface area contributed by atoms with Gasteiger partial charge in [-0.3, -0.25) is 9.69 Å². The summed E-state index contributed by atoms with van der Waals surface area (Å²) in [6, 6.07) is 9.64. The van der Waals surface area contributed by atoms with Crippen molar-refractivity contribution < 1.29 is 14.1 Å². The van der Waals surface area contributed by atoms with Crippen LogP contribution in [-0.4, -0.2) is 46.6 Å². The van der Waals surface area contributed by atoms with Crippen LogP contribution in [0.25, 0.3) is 0 Å². The van der Waals surface area contributed by atoms with Gasteiger partial charge in [-0.1, -0.05) is 23.4 Å². The van der Waals surface area contributed by atoms with Crippen LogP contribution in [0.3, 0.4) is 0 Å². The molecule has 1 aromatic heterocycles. The standard InChI is InChI=1S/C19H23N3O3/c1-14-11-22(12-15-6-2-3-7-18(15)24-14)19(23)17-10-16(25-20-17)13-21-8-4-5-9-21/h2-3,6-7,10,14H,4-5,8-9,11-13H2,1H3. The molecule has 1 amide bonds. The van der Waals surface area contributed by atoms with E-state index < -0.39 is 0 Å². The average molecular weight is 341 g/mol. The summed E-state index contributed by atoms with van der Waals surface area (Å²) in [6.07, 6.45) is 2.39. The van der Waals surface area contributed by atoms with Crippen molar-refractivity contribution in [3.63, 3.8) is 0 Å².